The molecule has 1 aromatic heterocycles. The van der Waals surface area contributed by atoms with Crippen LogP contribution >= 0.6 is 11.8 Å². The highest BCUT2D eigenvalue weighted by atomic mass is 32.2. The maximum Gasteiger partial charge on any atom is 0.337 e. The van der Waals surface area contributed by atoms with E-state index in [1.54, 1.807) is 24.3 Å². The van der Waals surface area contributed by atoms with Gasteiger partial charge in [0, 0.05) is 22.8 Å². The Hall–Kier alpha value is -4.11. The van der Waals surface area contributed by atoms with Crippen LogP contribution in [-0.4, -0.2) is 46.1 Å². The Balaban J connectivity index is 1.54. The summed E-state index contributed by atoms with van der Waals surface area (Å²) >= 11 is 0.818. The number of nitrogens with zero attached hydrogens (tertiary/aromatic N) is 2. The van der Waals surface area contributed by atoms with Gasteiger partial charge < -0.3 is 14.6 Å². The molecule has 4 rings (SSSR count). The third kappa shape index (κ3) is 5.28. The largest absolute Gasteiger partial charge is 0.465 e. The van der Waals surface area contributed by atoms with Crippen LogP contribution in [0.25, 0.3) is 11.8 Å². The van der Waals surface area contributed by atoms with Gasteiger partial charge in [0.05, 0.1) is 17.6 Å². The van der Waals surface area contributed by atoms with Gasteiger partial charge in [0.25, 0.3) is 11.1 Å². The Morgan fingerprint density at radius 3 is 2.34 bits per heavy atom. The number of nitrogens with one attached hydrogen (secondary N) is 1. The molecule has 196 valence electrons. The SMILES string of the molecule is COC(=O)c1ccc(-n2c(C)cc(/C=C3/SC(=O)N(CC(=O)Nc4ccc(C)c(C)c4)C3=O)c2C)c(C)c1. The van der Waals surface area contributed by atoms with Crippen molar-refractivity contribution in [2.45, 2.75) is 34.6 Å². The molecule has 0 radical (unpaired) electrons. The van der Waals surface area contributed by atoms with Crippen molar-refractivity contribution in [2.75, 3.05) is 19.0 Å². The average Bonchev–Trinajstić information content (AvgIpc) is 3.29. The quantitative estimate of drug-likeness (QED) is 0.334. The number of ether oxygens (including phenoxy) is 1. The number of methoxy groups -OCH3 is 1. The summed E-state index contributed by atoms with van der Waals surface area (Å²) in [6.45, 7) is 9.35. The Labute approximate surface area is 225 Å². The Bertz CT molecular complexity index is 1520. The van der Waals surface area contributed by atoms with Gasteiger partial charge in [-0.2, -0.15) is 0 Å². The second kappa shape index (κ2) is 10.7. The van der Waals surface area contributed by atoms with E-state index in [0.29, 0.717) is 11.3 Å². The number of esters is 1. The van der Waals surface area contributed by atoms with Crippen LogP contribution in [0.15, 0.2) is 47.4 Å². The molecule has 9 heteroatoms. The lowest BCUT2D eigenvalue weighted by molar-refractivity contribution is -0.127. The van der Waals surface area contributed by atoms with E-state index in [1.807, 2.05) is 63.5 Å². The minimum absolute atomic E-state index is 0.256. The first kappa shape index (κ1) is 26.9. The molecule has 3 aromatic rings. The molecule has 0 spiro atoms. The van der Waals surface area contributed by atoms with Crippen LogP contribution in [0.1, 0.15) is 44.0 Å². The number of hydrogen-bond acceptors (Lipinski definition) is 6. The summed E-state index contributed by atoms with van der Waals surface area (Å²) in [5.41, 5.74) is 7.57. The molecule has 0 atom stereocenters. The van der Waals surface area contributed by atoms with Crippen molar-refractivity contribution < 1.29 is 23.9 Å². The molecule has 0 saturated carbocycles. The van der Waals surface area contributed by atoms with E-state index in [1.165, 1.54) is 7.11 Å². The molecule has 1 aliphatic heterocycles. The molecule has 1 aliphatic rings. The first-order valence-corrected chi connectivity index (χ1v) is 12.8. The summed E-state index contributed by atoms with van der Waals surface area (Å²) in [6, 6.07) is 12.8. The van der Waals surface area contributed by atoms with E-state index in [-0.39, 0.29) is 11.4 Å². The maximum atomic E-state index is 13.0. The van der Waals surface area contributed by atoms with E-state index in [9.17, 15) is 19.2 Å². The standard InChI is InChI=1S/C29H29N3O5S/c1-16-7-9-23(12-17(16)2)30-26(33)15-31-27(34)25(38-29(31)36)14-22-13-19(4)32(20(22)5)24-10-8-21(11-18(24)3)28(35)37-6/h7-14H,15H2,1-6H3,(H,30,33)/b25-14+. The number of benzene rings is 2. The highest BCUT2D eigenvalue weighted by molar-refractivity contribution is 8.18. The fraction of sp³-hybridized carbons (Fsp3) is 0.241. The van der Waals surface area contributed by atoms with Crippen molar-refractivity contribution in [1.29, 1.82) is 0 Å². The minimum Gasteiger partial charge on any atom is -0.465 e. The molecule has 0 bridgehead atoms. The van der Waals surface area contributed by atoms with E-state index in [4.69, 9.17) is 4.74 Å². The predicted molar refractivity (Wildman–Crippen MR) is 149 cm³/mol. The third-order valence-corrected chi connectivity index (χ3v) is 7.49. The molecule has 1 N–H and O–H groups in total. The zero-order valence-corrected chi connectivity index (χ0v) is 23.0. The van der Waals surface area contributed by atoms with Crippen molar-refractivity contribution in [3.63, 3.8) is 0 Å². The number of hydrogen-bond donors (Lipinski definition) is 1. The van der Waals surface area contributed by atoms with E-state index >= 15 is 0 Å². The molecular formula is C29H29N3O5S. The summed E-state index contributed by atoms with van der Waals surface area (Å²) < 4.78 is 6.84. The van der Waals surface area contributed by atoms with Gasteiger partial charge in [0.15, 0.2) is 0 Å². The van der Waals surface area contributed by atoms with E-state index in [2.05, 4.69) is 5.32 Å². The van der Waals surface area contributed by atoms with Gasteiger partial charge in [-0.15, -0.1) is 0 Å². The topological polar surface area (TPSA) is 97.7 Å². The lowest BCUT2D eigenvalue weighted by Crippen LogP contribution is -2.36. The highest BCUT2D eigenvalue weighted by Crippen LogP contribution is 2.34. The summed E-state index contributed by atoms with van der Waals surface area (Å²) in [6.07, 6.45) is 1.68. The number of anilines is 1. The van der Waals surface area contributed by atoms with E-state index < -0.39 is 23.0 Å². The number of aryl methyl sites for hydroxylation is 4. The van der Waals surface area contributed by atoms with Gasteiger partial charge in [-0.1, -0.05) is 6.07 Å². The smallest absolute Gasteiger partial charge is 0.337 e. The molecule has 3 amide bonds. The summed E-state index contributed by atoms with van der Waals surface area (Å²) in [4.78, 5) is 51.3. The first-order chi connectivity index (χ1) is 18.0. The van der Waals surface area contributed by atoms with Crippen LogP contribution in [0.4, 0.5) is 10.5 Å². The first-order valence-electron chi connectivity index (χ1n) is 12.0. The minimum atomic E-state index is -0.501. The predicted octanol–water partition coefficient (Wildman–Crippen LogP) is 5.48. The van der Waals surface area contributed by atoms with Gasteiger partial charge in [-0.05, 0) is 111 Å². The fourth-order valence-corrected chi connectivity index (χ4v) is 5.23. The Morgan fingerprint density at radius 2 is 1.68 bits per heavy atom. The zero-order chi connectivity index (χ0) is 27.7. The molecule has 2 heterocycles. The molecule has 0 unspecified atom stereocenters. The second-order valence-electron chi connectivity index (χ2n) is 9.27. The summed E-state index contributed by atoms with van der Waals surface area (Å²) in [5.74, 6) is -1.35. The van der Waals surface area contributed by atoms with Gasteiger partial charge >= 0.3 is 5.97 Å². The number of carbonyl (C=O) groups is 4. The number of imide groups is 1. The van der Waals surface area contributed by atoms with Crippen molar-refractivity contribution in [3.8, 4) is 5.69 Å². The number of thioether (sulfide) groups is 1. The second-order valence-corrected chi connectivity index (χ2v) is 10.3. The number of carbonyl (C=O) groups excluding carboxylic acids is 4. The highest BCUT2D eigenvalue weighted by Gasteiger charge is 2.36. The van der Waals surface area contributed by atoms with E-state index in [0.717, 1.165) is 56.0 Å². The van der Waals surface area contributed by atoms with Crippen molar-refractivity contribution in [2.24, 2.45) is 0 Å². The molecule has 1 fully saturated rings. The Kier molecular flexibility index (Phi) is 7.59. The van der Waals surface area contributed by atoms with Gasteiger partial charge in [0.2, 0.25) is 5.91 Å². The maximum absolute atomic E-state index is 13.0. The van der Waals surface area contributed by atoms with Crippen molar-refractivity contribution in [3.05, 3.63) is 86.6 Å². The van der Waals surface area contributed by atoms with Crippen LogP contribution in [0.5, 0.6) is 0 Å². The fourth-order valence-electron chi connectivity index (χ4n) is 4.40. The number of rotatable bonds is 6. The molecule has 2 aromatic carbocycles. The van der Waals surface area contributed by atoms with Crippen LogP contribution in [0.3, 0.4) is 0 Å². The third-order valence-electron chi connectivity index (χ3n) is 6.58. The van der Waals surface area contributed by atoms with Gasteiger partial charge in [0.1, 0.15) is 6.54 Å². The number of amides is 3. The van der Waals surface area contributed by atoms with Crippen LogP contribution in [0, 0.1) is 34.6 Å². The molecule has 0 aliphatic carbocycles. The molecule has 8 nitrogen and oxygen atoms in total. The van der Waals surface area contributed by atoms with Gasteiger partial charge in [-0.25, -0.2) is 4.79 Å². The monoisotopic (exact) mass is 531 g/mol. The molecule has 1 saturated heterocycles. The molecular weight excluding hydrogens is 502 g/mol. The zero-order valence-electron chi connectivity index (χ0n) is 22.2. The van der Waals surface area contributed by atoms with Crippen molar-refractivity contribution >= 4 is 46.5 Å². The van der Waals surface area contributed by atoms with Crippen LogP contribution < -0.4 is 5.32 Å². The Morgan fingerprint density at radius 1 is 0.947 bits per heavy atom. The van der Waals surface area contributed by atoms with Crippen molar-refractivity contribution in [1.82, 2.24) is 9.47 Å². The van der Waals surface area contributed by atoms with Gasteiger partial charge in [-0.3, -0.25) is 19.3 Å². The lowest BCUT2D eigenvalue weighted by atomic mass is 10.1. The van der Waals surface area contributed by atoms with Crippen LogP contribution in [0.2, 0.25) is 0 Å². The van der Waals surface area contributed by atoms with Crippen LogP contribution in [-0.2, 0) is 14.3 Å². The summed E-state index contributed by atoms with van der Waals surface area (Å²) in [7, 11) is 1.34. The normalized spacial score (nSPS) is 14.4. The average molecular weight is 532 g/mol. The molecule has 38 heavy (non-hydrogen) atoms. The summed E-state index contributed by atoms with van der Waals surface area (Å²) in [5, 5.41) is 2.27. The lowest BCUT2D eigenvalue weighted by Gasteiger charge is -2.14. The number of aromatic nitrogens is 1.